The van der Waals surface area contributed by atoms with Crippen LogP contribution in [0.3, 0.4) is 0 Å². The molecule has 2 aromatic carbocycles. The second-order valence-electron chi connectivity index (χ2n) is 5.50. The summed E-state index contributed by atoms with van der Waals surface area (Å²) < 4.78 is 11.4. The predicted molar refractivity (Wildman–Crippen MR) is 103 cm³/mol. The molecule has 0 radical (unpaired) electrons. The fraction of sp³-hybridized carbons (Fsp3) is 0.222. The lowest BCUT2D eigenvalue weighted by atomic mass is 10.2. The summed E-state index contributed by atoms with van der Waals surface area (Å²) in [6, 6.07) is 11.9. The summed E-state index contributed by atoms with van der Waals surface area (Å²) in [7, 11) is 0. The van der Waals surface area contributed by atoms with Crippen molar-refractivity contribution < 1.29 is 14.3 Å². The summed E-state index contributed by atoms with van der Waals surface area (Å²) in [4.78, 5) is 11.8. The van der Waals surface area contributed by atoms with Crippen LogP contribution in [0, 0.1) is 6.92 Å². The molecule has 0 atom stereocenters. The van der Waals surface area contributed by atoms with Crippen molar-refractivity contribution in [2.45, 2.75) is 12.7 Å². The number of nitrogens with one attached hydrogen (secondary N) is 1. The van der Waals surface area contributed by atoms with E-state index in [1.807, 2.05) is 12.1 Å². The second-order valence-corrected chi connectivity index (χ2v) is 7.34. The molecular weight excluding hydrogens is 404 g/mol. The quantitative estimate of drug-likeness (QED) is 0.568. The van der Waals surface area contributed by atoms with Gasteiger partial charge in [-0.15, -0.1) is 11.8 Å². The highest BCUT2D eigenvalue weighted by atomic mass is 79.9. The third-order valence-electron chi connectivity index (χ3n) is 3.51. The Labute approximate surface area is 158 Å². The van der Waals surface area contributed by atoms with Crippen molar-refractivity contribution in [2.75, 3.05) is 12.5 Å². The highest BCUT2D eigenvalue weighted by Gasteiger charge is 2.15. The first-order valence-electron chi connectivity index (χ1n) is 7.66. The molecule has 25 heavy (non-hydrogen) atoms. The van der Waals surface area contributed by atoms with Gasteiger partial charge in [-0.1, -0.05) is 29.8 Å². The number of rotatable bonds is 6. The number of benzene rings is 2. The molecule has 0 saturated carbocycles. The van der Waals surface area contributed by atoms with Gasteiger partial charge < -0.3 is 9.47 Å². The van der Waals surface area contributed by atoms with Crippen LogP contribution in [0.4, 0.5) is 0 Å². The maximum absolute atomic E-state index is 11.8. The van der Waals surface area contributed by atoms with Gasteiger partial charge in [0.25, 0.3) is 0 Å². The number of fused-ring (bicyclic) bond motifs is 1. The van der Waals surface area contributed by atoms with Crippen molar-refractivity contribution in [3.8, 4) is 11.5 Å². The highest BCUT2D eigenvalue weighted by Crippen LogP contribution is 2.36. The first kappa shape index (κ1) is 17.8. The van der Waals surface area contributed by atoms with E-state index in [0.29, 0.717) is 17.3 Å². The van der Waals surface area contributed by atoms with Gasteiger partial charge in [-0.25, -0.2) is 5.43 Å². The molecule has 0 aliphatic carbocycles. The summed E-state index contributed by atoms with van der Waals surface area (Å²) in [5.41, 5.74) is 5.78. The Balaban J connectivity index is 1.46. The first-order chi connectivity index (χ1) is 12.1. The van der Waals surface area contributed by atoms with Gasteiger partial charge in [-0.05, 0) is 40.5 Å². The average Bonchev–Trinajstić information content (AvgIpc) is 3.04. The monoisotopic (exact) mass is 420 g/mol. The lowest BCUT2D eigenvalue weighted by Crippen LogP contribution is -2.19. The van der Waals surface area contributed by atoms with E-state index in [0.717, 1.165) is 15.8 Å². The number of thioether (sulfide) groups is 1. The molecule has 5 nitrogen and oxygen atoms in total. The van der Waals surface area contributed by atoms with E-state index in [2.05, 4.69) is 57.6 Å². The minimum atomic E-state index is -0.134. The van der Waals surface area contributed by atoms with Gasteiger partial charge in [-0.3, -0.25) is 4.79 Å². The van der Waals surface area contributed by atoms with Crippen LogP contribution in [0.1, 0.15) is 16.7 Å². The molecule has 3 rings (SSSR count). The Kier molecular flexibility index (Phi) is 5.99. The van der Waals surface area contributed by atoms with Gasteiger partial charge in [-0.2, -0.15) is 5.10 Å². The van der Waals surface area contributed by atoms with Gasteiger partial charge in [0, 0.05) is 15.8 Å². The number of nitrogens with zero attached hydrogens (tertiary/aromatic N) is 1. The fourth-order valence-corrected chi connectivity index (χ4v) is 3.39. The number of hydrogen-bond acceptors (Lipinski definition) is 5. The van der Waals surface area contributed by atoms with E-state index in [-0.39, 0.29) is 12.7 Å². The third-order valence-corrected chi connectivity index (χ3v) is 5.20. The Bertz CT molecular complexity index is 794. The number of halogens is 1. The Morgan fingerprint density at radius 1 is 1.28 bits per heavy atom. The molecule has 130 valence electrons. The van der Waals surface area contributed by atoms with Crippen LogP contribution in [0.5, 0.6) is 11.5 Å². The Hall–Kier alpha value is -1.99. The van der Waals surface area contributed by atoms with Crippen molar-refractivity contribution in [1.82, 2.24) is 5.43 Å². The molecule has 1 N–H and O–H groups in total. The molecule has 1 aliphatic rings. The predicted octanol–water partition coefficient (Wildman–Crippen LogP) is 3.87. The molecular formula is C18H17BrN2O3S. The SMILES string of the molecule is Cc1ccc(CSCC(=O)N/N=C/c2cc3c(cc2Br)OCO3)cc1. The molecule has 1 heterocycles. The second kappa shape index (κ2) is 8.40. The maximum atomic E-state index is 11.8. The van der Waals surface area contributed by atoms with E-state index in [9.17, 15) is 4.79 Å². The van der Waals surface area contributed by atoms with Crippen molar-refractivity contribution in [2.24, 2.45) is 5.10 Å². The van der Waals surface area contributed by atoms with Crippen LogP contribution >= 0.6 is 27.7 Å². The third kappa shape index (κ3) is 4.99. The Morgan fingerprint density at radius 2 is 2.00 bits per heavy atom. The van der Waals surface area contributed by atoms with E-state index in [4.69, 9.17) is 9.47 Å². The molecule has 7 heteroatoms. The number of amides is 1. The molecule has 0 saturated heterocycles. The summed E-state index contributed by atoms with van der Waals surface area (Å²) in [5, 5.41) is 4.00. The van der Waals surface area contributed by atoms with Crippen LogP contribution < -0.4 is 14.9 Å². The normalized spacial score (nSPS) is 12.6. The van der Waals surface area contributed by atoms with Gasteiger partial charge in [0.05, 0.1) is 12.0 Å². The number of carbonyl (C=O) groups excluding carboxylic acids is 1. The smallest absolute Gasteiger partial charge is 0.250 e. The average molecular weight is 421 g/mol. The zero-order valence-electron chi connectivity index (χ0n) is 13.6. The molecule has 1 aliphatic heterocycles. The van der Waals surface area contributed by atoms with Crippen LogP contribution in [0.25, 0.3) is 0 Å². The molecule has 0 aromatic heterocycles. The Morgan fingerprint density at radius 3 is 2.76 bits per heavy atom. The maximum Gasteiger partial charge on any atom is 0.250 e. The molecule has 0 spiro atoms. The zero-order chi connectivity index (χ0) is 17.6. The van der Waals surface area contributed by atoms with Gasteiger partial charge in [0.2, 0.25) is 12.7 Å². The minimum absolute atomic E-state index is 0.134. The van der Waals surface area contributed by atoms with Crippen molar-refractivity contribution in [1.29, 1.82) is 0 Å². The van der Waals surface area contributed by atoms with E-state index in [1.54, 1.807) is 18.0 Å². The highest BCUT2D eigenvalue weighted by molar-refractivity contribution is 9.10. The zero-order valence-corrected chi connectivity index (χ0v) is 16.0. The van der Waals surface area contributed by atoms with Crippen LogP contribution in [0.15, 0.2) is 46.0 Å². The summed E-state index contributed by atoms with van der Waals surface area (Å²) >= 11 is 5.00. The van der Waals surface area contributed by atoms with E-state index in [1.165, 1.54) is 11.1 Å². The number of hydrazone groups is 1. The van der Waals surface area contributed by atoms with Crippen LogP contribution in [0.2, 0.25) is 0 Å². The van der Waals surface area contributed by atoms with Gasteiger partial charge in [0.15, 0.2) is 11.5 Å². The lowest BCUT2D eigenvalue weighted by Gasteiger charge is -2.03. The fourth-order valence-electron chi connectivity index (χ4n) is 2.18. The molecule has 0 fully saturated rings. The molecule has 1 amide bonds. The van der Waals surface area contributed by atoms with Crippen molar-refractivity contribution in [3.05, 3.63) is 57.6 Å². The van der Waals surface area contributed by atoms with E-state index >= 15 is 0 Å². The van der Waals surface area contributed by atoms with E-state index < -0.39 is 0 Å². The number of ether oxygens (including phenoxy) is 2. The number of hydrogen-bond donors (Lipinski definition) is 1. The lowest BCUT2D eigenvalue weighted by molar-refractivity contribution is -0.118. The summed E-state index contributed by atoms with van der Waals surface area (Å²) in [5.74, 6) is 2.38. The van der Waals surface area contributed by atoms with Crippen molar-refractivity contribution >= 4 is 39.8 Å². The summed E-state index contributed by atoms with van der Waals surface area (Å²) in [6.45, 7) is 2.28. The minimum Gasteiger partial charge on any atom is -0.454 e. The standard InChI is InChI=1S/C18H17BrN2O3S/c1-12-2-4-13(5-3-12)9-25-10-18(22)21-20-8-14-6-16-17(7-15(14)19)24-11-23-16/h2-8H,9-11H2,1H3,(H,21,22)/b20-8+. The van der Waals surface area contributed by atoms with Gasteiger partial charge >= 0.3 is 0 Å². The van der Waals surface area contributed by atoms with Gasteiger partial charge in [0.1, 0.15) is 0 Å². The molecule has 0 unspecified atom stereocenters. The van der Waals surface area contributed by atoms with Crippen molar-refractivity contribution in [3.63, 3.8) is 0 Å². The topological polar surface area (TPSA) is 59.9 Å². The largest absolute Gasteiger partial charge is 0.454 e. The summed E-state index contributed by atoms with van der Waals surface area (Å²) in [6.07, 6.45) is 1.58. The van der Waals surface area contributed by atoms with Crippen LogP contribution in [-0.2, 0) is 10.5 Å². The number of carbonyl (C=O) groups is 1. The first-order valence-corrected chi connectivity index (χ1v) is 9.61. The van der Waals surface area contributed by atoms with Crippen LogP contribution in [-0.4, -0.2) is 24.7 Å². The number of aryl methyl sites for hydroxylation is 1. The molecule has 2 aromatic rings. The molecule has 0 bridgehead atoms.